The second kappa shape index (κ2) is 7.84. The summed E-state index contributed by atoms with van der Waals surface area (Å²) >= 11 is 0. The van der Waals surface area contributed by atoms with Gasteiger partial charge in [-0.1, -0.05) is 30.1 Å². The molecule has 0 spiro atoms. The van der Waals surface area contributed by atoms with Gasteiger partial charge in [0.05, 0.1) is 11.1 Å². The second-order valence-electron chi connectivity index (χ2n) is 6.36. The van der Waals surface area contributed by atoms with E-state index in [0.717, 1.165) is 25.7 Å². The Morgan fingerprint density at radius 2 is 2.00 bits per heavy atom. The van der Waals surface area contributed by atoms with Crippen LogP contribution in [0.25, 0.3) is 11.5 Å². The van der Waals surface area contributed by atoms with Gasteiger partial charge in [-0.15, -0.1) is 12.4 Å². The number of likely N-dealkylation sites (N-methyl/N-ethyl adjacent to an activating group) is 1. The maximum Gasteiger partial charge on any atom is 0.261 e. The Labute approximate surface area is 152 Å². The van der Waals surface area contributed by atoms with Gasteiger partial charge in [0, 0.05) is 14.1 Å². The number of rotatable bonds is 5. The van der Waals surface area contributed by atoms with Gasteiger partial charge in [-0.25, -0.2) is 0 Å². The number of amides is 1. The van der Waals surface area contributed by atoms with Crippen LogP contribution in [0, 0.1) is 0 Å². The molecule has 1 saturated carbocycles. The Balaban J connectivity index is 0.00000225. The predicted molar refractivity (Wildman–Crippen MR) is 95.5 cm³/mol. The summed E-state index contributed by atoms with van der Waals surface area (Å²) < 4.78 is 11.0. The summed E-state index contributed by atoms with van der Waals surface area (Å²) in [6.07, 6.45) is 3.88. The number of nitrogens with two attached hydrogens (primary N) is 1. The van der Waals surface area contributed by atoms with E-state index in [1.54, 1.807) is 20.2 Å². The molecule has 1 amide bonds. The summed E-state index contributed by atoms with van der Waals surface area (Å²) in [4.78, 5) is 17.7. The van der Waals surface area contributed by atoms with Gasteiger partial charge in [-0.05, 0) is 25.0 Å². The number of carbonyl (C=O) groups is 1. The fraction of sp³-hybridized carbons (Fsp3) is 0.471. The average Bonchev–Trinajstić information content (AvgIpc) is 3.22. The summed E-state index contributed by atoms with van der Waals surface area (Å²) in [5.41, 5.74) is 6.53. The number of para-hydroxylation sites is 1. The third kappa shape index (κ3) is 4.11. The van der Waals surface area contributed by atoms with Gasteiger partial charge < -0.3 is 19.9 Å². The molecular weight excluding hydrogens is 344 g/mol. The van der Waals surface area contributed by atoms with Crippen molar-refractivity contribution in [3.05, 3.63) is 30.1 Å². The molecule has 7 nitrogen and oxygen atoms in total. The minimum absolute atomic E-state index is 0. The van der Waals surface area contributed by atoms with Crippen molar-refractivity contribution >= 4 is 18.3 Å². The molecule has 1 heterocycles. The molecule has 1 aromatic carbocycles. The van der Waals surface area contributed by atoms with Crippen LogP contribution in [0.2, 0.25) is 0 Å². The van der Waals surface area contributed by atoms with Crippen molar-refractivity contribution < 1.29 is 14.1 Å². The lowest BCUT2D eigenvalue weighted by Crippen LogP contribution is -2.34. The second-order valence-corrected chi connectivity index (χ2v) is 6.36. The van der Waals surface area contributed by atoms with Crippen LogP contribution in [0.5, 0.6) is 5.75 Å². The summed E-state index contributed by atoms with van der Waals surface area (Å²) in [5, 5.41) is 4.07. The topological polar surface area (TPSA) is 94.5 Å². The van der Waals surface area contributed by atoms with Crippen molar-refractivity contribution in [3.63, 3.8) is 0 Å². The first-order valence-electron chi connectivity index (χ1n) is 8.05. The number of carbonyl (C=O) groups excluding carboxylic acids is 1. The summed E-state index contributed by atoms with van der Waals surface area (Å²) in [7, 11) is 3.37. The third-order valence-electron chi connectivity index (χ3n) is 4.33. The first kappa shape index (κ1) is 19.2. The van der Waals surface area contributed by atoms with Crippen LogP contribution in [-0.4, -0.2) is 41.6 Å². The number of hydrogen-bond donors (Lipinski definition) is 1. The average molecular weight is 367 g/mol. The van der Waals surface area contributed by atoms with Gasteiger partial charge in [0.25, 0.3) is 11.8 Å². The van der Waals surface area contributed by atoms with E-state index in [4.69, 9.17) is 15.0 Å². The largest absolute Gasteiger partial charge is 0.483 e. The quantitative estimate of drug-likeness (QED) is 0.872. The Kier molecular flexibility index (Phi) is 6.02. The van der Waals surface area contributed by atoms with Crippen LogP contribution in [0.3, 0.4) is 0 Å². The molecule has 0 unspecified atom stereocenters. The number of ether oxygens (including phenoxy) is 1. The van der Waals surface area contributed by atoms with Gasteiger partial charge >= 0.3 is 0 Å². The number of aromatic nitrogens is 2. The lowest BCUT2D eigenvalue weighted by Gasteiger charge is -2.17. The molecule has 136 valence electrons. The van der Waals surface area contributed by atoms with Crippen LogP contribution in [0.15, 0.2) is 28.8 Å². The molecule has 0 radical (unpaired) electrons. The minimum atomic E-state index is -0.502. The van der Waals surface area contributed by atoms with Crippen molar-refractivity contribution in [1.82, 2.24) is 15.0 Å². The van der Waals surface area contributed by atoms with E-state index >= 15 is 0 Å². The molecule has 0 bridgehead atoms. The molecule has 3 rings (SSSR count). The highest BCUT2D eigenvalue weighted by Gasteiger charge is 2.36. The molecule has 1 aromatic heterocycles. The van der Waals surface area contributed by atoms with E-state index in [1.165, 1.54) is 4.90 Å². The Bertz CT molecular complexity index is 726. The maximum absolute atomic E-state index is 11.7. The number of hydrogen-bond acceptors (Lipinski definition) is 6. The highest BCUT2D eigenvalue weighted by Crippen LogP contribution is 2.36. The number of halogens is 1. The fourth-order valence-electron chi connectivity index (χ4n) is 2.80. The highest BCUT2D eigenvalue weighted by atomic mass is 35.5. The summed E-state index contributed by atoms with van der Waals surface area (Å²) in [6, 6.07) is 7.28. The van der Waals surface area contributed by atoms with Crippen LogP contribution in [0.1, 0.15) is 31.5 Å². The van der Waals surface area contributed by atoms with Crippen molar-refractivity contribution in [3.8, 4) is 17.2 Å². The Morgan fingerprint density at radius 1 is 1.32 bits per heavy atom. The number of benzene rings is 1. The molecule has 25 heavy (non-hydrogen) atoms. The highest BCUT2D eigenvalue weighted by molar-refractivity contribution is 5.85. The monoisotopic (exact) mass is 366 g/mol. The van der Waals surface area contributed by atoms with Crippen LogP contribution in [-0.2, 0) is 10.3 Å². The van der Waals surface area contributed by atoms with Crippen LogP contribution >= 0.6 is 12.4 Å². The van der Waals surface area contributed by atoms with E-state index in [1.807, 2.05) is 18.2 Å². The molecular formula is C17H23ClN4O3. The predicted octanol–water partition coefficient (Wildman–Crippen LogP) is 2.35. The molecule has 2 aromatic rings. The molecule has 1 fully saturated rings. The summed E-state index contributed by atoms with van der Waals surface area (Å²) in [5.74, 6) is 1.30. The summed E-state index contributed by atoms with van der Waals surface area (Å²) in [6.45, 7) is -0.0498. The van der Waals surface area contributed by atoms with Gasteiger partial charge in [-0.3, -0.25) is 4.79 Å². The smallest absolute Gasteiger partial charge is 0.261 e. The van der Waals surface area contributed by atoms with Crippen molar-refractivity contribution in [2.45, 2.75) is 31.2 Å². The van der Waals surface area contributed by atoms with E-state index in [-0.39, 0.29) is 24.9 Å². The Hall–Kier alpha value is -2.12. The molecule has 0 aliphatic heterocycles. The lowest BCUT2D eigenvalue weighted by molar-refractivity contribution is -0.130. The molecule has 0 saturated heterocycles. The molecule has 2 N–H and O–H groups in total. The first-order valence-corrected chi connectivity index (χ1v) is 8.05. The maximum atomic E-state index is 11.7. The zero-order valence-electron chi connectivity index (χ0n) is 14.4. The molecule has 0 atom stereocenters. The number of nitrogens with zero attached hydrogens (tertiary/aromatic N) is 3. The van der Waals surface area contributed by atoms with Gasteiger partial charge in [0.1, 0.15) is 5.75 Å². The molecule has 8 heteroatoms. The molecule has 1 aliphatic rings. The Morgan fingerprint density at radius 3 is 2.68 bits per heavy atom. The molecule has 1 aliphatic carbocycles. The minimum Gasteiger partial charge on any atom is -0.483 e. The van der Waals surface area contributed by atoms with E-state index in [2.05, 4.69) is 10.1 Å². The third-order valence-corrected chi connectivity index (χ3v) is 4.33. The standard InChI is InChI=1S/C17H22N4O3.ClH/c1-21(2)14(22)11-23-13-8-4-3-7-12(13)15-19-16(20-24-15)17(18)9-5-6-10-17;/h3-4,7-8H,5-6,9-11,18H2,1-2H3;1H. The normalized spacial score (nSPS) is 15.5. The van der Waals surface area contributed by atoms with E-state index < -0.39 is 5.54 Å². The zero-order valence-corrected chi connectivity index (χ0v) is 15.2. The SMILES string of the molecule is CN(C)C(=O)COc1ccccc1-c1nc(C2(N)CCCC2)no1.Cl. The van der Waals surface area contributed by atoms with Gasteiger partial charge in [-0.2, -0.15) is 4.98 Å². The van der Waals surface area contributed by atoms with Crippen LogP contribution in [0.4, 0.5) is 0 Å². The van der Waals surface area contributed by atoms with Gasteiger partial charge in [0.15, 0.2) is 12.4 Å². The van der Waals surface area contributed by atoms with Crippen LogP contribution < -0.4 is 10.5 Å². The van der Waals surface area contributed by atoms with Crippen molar-refractivity contribution in [1.29, 1.82) is 0 Å². The lowest BCUT2D eigenvalue weighted by atomic mass is 9.99. The first-order chi connectivity index (χ1) is 11.5. The van der Waals surface area contributed by atoms with Crippen molar-refractivity contribution in [2.24, 2.45) is 5.73 Å². The van der Waals surface area contributed by atoms with Gasteiger partial charge in [0.2, 0.25) is 0 Å². The van der Waals surface area contributed by atoms with Crippen molar-refractivity contribution in [2.75, 3.05) is 20.7 Å². The fourth-order valence-corrected chi connectivity index (χ4v) is 2.80. The van der Waals surface area contributed by atoms with E-state index in [9.17, 15) is 4.79 Å². The zero-order chi connectivity index (χ0) is 17.2. The van der Waals surface area contributed by atoms with E-state index in [0.29, 0.717) is 23.0 Å².